The Kier molecular flexibility index (Phi) is 8.06. The molecule has 5 aromatic rings. The van der Waals surface area contributed by atoms with Gasteiger partial charge < -0.3 is 29.6 Å². The molecule has 0 radical (unpaired) electrons. The Morgan fingerprint density at radius 2 is 1.60 bits per heavy atom. The van der Waals surface area contributed by atoms with E-state index in [1.165, 1.54) is 0 Å². The zero-order valence-corrected chi connectivity index (χ0v) is 24.6. The van der Waals surface area contributed by atoms with Gasteiger partial charge in [0.15, 0.2) is 11.7 Å². The Balaban J connectivity index is 1.30. The van der Waals surface area contributed by atoms with Crippen LogP contribution in [-0.2, 0) is 4.79 Å². The quantitative estimate of drug-likeness (QED) is 0.193. The number of para-hydroxylation sites is 1. The van der Waals surface area contributed by atoms with E-state index in [0.29, 0.717) is 16.5 Å². The van der Waals surface area contributed by atoms with Crippen molar-refractivity contribution in [3.8, 4) is 17.2 Å². The SMILES string of the molecule is COc1ccc(-n2c(C)ccc2[C@H]2[C@@H](c3ccccn3)NC(=S)N2c2ccc(NC(=O)COc3ccccc3)cc2)cc1. The van der Waals surface area contributed by atoms with Crippen LogP contribution in [0.4, 0.5) is 11.4 Å². The molecule has 2 atom stereocenters. The summed E-state index contributed by atoms with van der Waals surface area (Å²) < 4.78 is 13.2. The summed E-state index contributed by atoms with van der Waals surface area (Å²) in [4.78, 5) is 19.3. The third kappa shape index (κ3) is 5.93. The molecule has 1 fully saturated rings. The van der Waals surface area contributed by atoms with Crippen molar-refractivity contribution >= 4 is 34.6 Å². The third-order valence-electron chi connectivity index (χ3n) is 7.38. The van der Waals surface area contributed by atoms with E-state index in [-0.39, 0.29) is 24.6 Å². The highest BCUT2D eigenvalue weighted by atomic mass is 32.1. The fourth-order valence-corrected chi connectivity index (χ4v) is 5.72. The lowest BCUT2D eigenvalue weighted by Crippen LogP contribution is -2.30. The molecule has 1 aliphatic heterocycles. The molecule has 1 saturated heterocycles. The van der Waals surface area contributed by atoms with Crippen LogP contribution in [0.3, 0.4) is 0 Å². The zero-order chi connectivity index (χ0) is 29.8. The van der Waals surface area contributed by atoms with Crippen molar-refractivity contribution in [1.29, 1.82) is 0 Å². The largest absolute Gasteiger partial charge is 0.497 e. The third-order valence-corrected chi connectivity index (χ3v) is 7.69. The second-order valence-electron chi connectivity index (χ2n) is 10.1. The van der Waals surface area contributed by atoms with E-state index < -0.39 is 0 Å². The number of hydrogen-bond donors (Lipinski definition) is 2. The Labute approximate surface area is 255 Å². The first-order chi connectivity index (χ1) is 21.0. The van der Waals surface area contributed by atoms with Gasteiger partial charge in [-0.3, -0.25) is 9.78 Å². The van der Waals surface area contributed by atoms with Gasteiger partial charge in [-0.05, 0) is 104 Å². The number of hydrogen-bond acceptors (Lipinski definition) is 5. The van der Waals surface area contributed by atoms with E-state index in [1.54, 1.807) is 13.3 Å². The number of nitrogens with zero attached hydrogens (tertiary/aromatic N) is 3. The van der Waals surface area contributed by atoms with Crippen LogP contribution in [0.1, 0.15) is 29.2 Å². The average molecular weight is 590 g/mol. The summed E-state index contributed by atoms with van der Waals surface area (Å²) in [6.45, 7) is 2.01. The van der Waals surface area contributed by atoms with Gasteiger partial charge in [0.25, 0.3) is 5.91 Å². The molecule has 6 rings (SSSR count). The summed E-state index contributed by atoms with van der Waals surface area (Å²) in [5.41, 5.74) is 5.61. The van der Waals surface area contributed by atoms with Gasteiger partial charge in [0.1, 0.15) is 17.5 Å². The second kappa shape index (κ2) is 12.4. The normalized spacial score (nSPS) is 16.0. The van der Waals surface area contributed by atoms with Crippen LogP contribution in [0.5, 0.6) is 11.5 Å². The highest BCUT2D eigenvalue weighted by Crippen LogP contribution is 2.43. The summed E-state index contributed by atoms with van der Waals surface area (Å²) in [6, 6.07) is 34.7. The number of nitrogens with one attached hydrogen (secondary N) is 2. The number of carbonyl (C=O) groups excluding carboxylic acids is 1. The monoisotopic (exact) mass is 589 g/mol. The first-order valence-electron chi connectivity index (χ1n) is 13.9. The molecule has 8 nitrogen and oxygen atoms in total. The van der Waals surface area contributed by atoms with Crippen molar-refractivity contribution in [3.05, 3.63) is 132 Å². The number of amides is 1. The highest BCUT2D eigenvalue weighted by molar-refractivity contribution is 7.80. The first-order valence-corrected chi connectivity index (χ1v) is 14.3. The summed E-state index contributed by atoms with van der Waals surface area (Å²) in [5.74, 6) is 1.20. The van der Waals surface area contributed by atoms with Crippen LogP contribution in [0.2, 0.25) is 0 Å². The number of ether oxygens (including phenoxy) is 2. The highest BCUT2D eigenvalue weighted by Gasteiger charge is 2.42. The van der Waals surface area contributed by atoms with Gasteiger partial charge in [0, 0.05) is 34.6 Å². The number of thiocarbonyl (C=S) groups is 1. The molecule has 1 amide bonds. The zero-order valence-electron chi connectivity index (χ0n) is 23.8. The van der Waals surface area contributed by atoms with Crippen molar-refractivity contribution < 1.29 is 14.3 Å². The number of aromatic nitrogens is 2. The van der Waals surface area contributed by atoms with Crippen LogP contribution >= 0.6 is 12.2 Å². The molecule has 0 bridgehead atoms. The molecule has 216 valence electrons. The van der Waals surface area contributed by atoms with E-state index in [4.69, 9.17) is 21.7 Å². The Morgan fingerprint density at radius 1 is 0.884 bits per heavy atom. The lowest BCUT2D eigenvalue weighted by atomic mass is 10.0. The molecule has 9 heteroatoms. The predicted octanol–water partition coefficient (Wildman–Crippen LogP) is 6.38. The van der Waals surface area contributed by atoms with Gasteiger partial charge in [-0.15, -0.1) is 0 Å². The minimum atomic E-state index is -0.240. The minimum Gasteiger partial charge on any atom is -0.497 e. The average Bonchev–Trinajstić information content (AvgIpc) is 3.60. The van der Waals surface area contributed by atoms with Gasteiger partial charge in [-0.2, -0.15) is 0 Å². The van der Waals surface area contributed by atoms with Gasteiger partial charge in [-0.25, -0.2) is 0 Å². The van der Waals surface area contributed by atoms with Crippen molar-refractivity contribution in [2.24, 2.45) is 0 Å². The lowest BCUT2D eigenvalue weighted by molar-refractivity contribution is -0.118. The molecule has 3 aromatic carbocycles. The summed E-state index contributed by atoms with van der Waals surface area (Å²) >= 11 is 5.93. The van der Waals surface area contributed by atoms with E-state index >= 15 is 0 Å². The minimum absolute atomic E-state index is 0.0819. The maximum Gasteiger partial charge on any atom is 0.262 e. The number of carbonyl (C=O) groups is 1. The van der Waals surface area contributed by atoms with E-state index in [9.17, 15) is 4.79 Å². The standard InChI is InChI=1S/C34H31N5O3S/c1-23-11-20-30(38(23)25-16-18-27(41-2)19-17-25)33-32(29-10-6-7-21-35-29)37-34(43)39(33)26-14-12-24(13-15-26)36-31(40)22-42-28-8-4-3-5-9-28/h3-21,32-33H,22H2,1-2H3,(H,36,40)(H,37,43)/t32-,33+/m1/s1. The Morgan fingerprint density at radius 3 is 2.30 bits per heavy atom. The van der Waals surface area contributed by atoms with Gasteiger partial charge in [0.05, 0.1) is 18.8 Å². The Hall–Kier alpha value is -5.15. The van der Waals surface area contributed by atoms with Crippen LogP contribution in [-0.4, -0.2) is 34.3 Å². The number of benzene rings is 3. The molecule has 43 heavy (non-hydrogen) atoms. The molecular weight excluding hydrogens is 558 g/mol. The summed E-state index contributed by atoms with van der Waals surface area (Å²) in [6.07, 6.45) is 1.80. The molecule has 2 N–H and O–H groups in total. The van der Waals surface area contributed by atoms with E-state index in [1.807, 2.05) is 84.9 Å². The molecule has 0 unspecified atom stereocenters. The molecule has 0 saturated carbocycles. The second-order valence-corrected chi connectivity index (χ2v) is 10.5. The number of methoxy groups -OCH3 is 1. The Bertz CT molecular complexity index is 1710. The molecule has 2 aromatic heterocycles. The molecule has 0 aliphatic carbocycles. The van der Waals surface area contributed by atoms with Crippen molar-refractivity contribution in [2.45, 2.75) is 19.0 Å². The fourth-order valence-electron chi connectivity index (χ4n) is 5.37. The number of rotatable bonds is 9. The van der Waals surface area contributed by atoms with Crippen molar-refractivity contribution in [1.82, 2.24) is 14.9 Å². The van der Waals surface area contributed by atoms with Crippen LogP contribution in [0.15, 0.2) is 115 Å². The lowest BCUT2D eigenvalue weighted by Gasteiger charge is -2.29. The van der Waals surface area contributed by atoms with Gasteiger partial charge in [0.2, 0.25) is 0 Å². The number of anilines is 2. The van der Waals surface area contributed by atoms with Crippen LogP contribution in [0.25, 0.3) is 5.69 Å². The van der Waals surface area contributed by atoms with E-state index in [0.717, 1.165) is 34.2 Å². The predicted molar refractivity (Wildman–Crippen MR) is 172 cm³/mol. The molecule has 0 spiro atoms. The maximum absolute atomic E-state index is 12.5. The molecular formula is C34H31N5O3S. The van der Waals surface area contributed by atoms with Gasteiger partial charge >= 0.3 is 0 Å². The maximum atomic E-state index is 12.5. The van der Waals surface area contributed by atoms with E-state index in [2.05, 4.69) is 56.3 Å². The first kappa shape index (κ1) is 28.0. The summed E-state index contributed by atoms with van der Waals surface area (Å²) in [7, 11) is 1.66. The fraction of sp³-hybridized carbons (Fsp3) is 0.147. The number of aryl methyl sites for hydroxylation is 1. The molecule has 1 aliphatic rings. The smallest absolute Gasteiger partial charge is 0.262 e. The number of pyridine rings is 1. The molecule has 3 heterocycles. The summed E-state index contributed by atoms with van der Waals surface area (Å²) in [5, 5.41) is 7.03. The van der Waals surface area contributed by atoms with Crippen molar-refractivity contribution in [2.75, 3.05) is 23.9 Å². The van der Waals surface area contributed by atoms with Gasteiger partial charge in [-0.1, -0.05) is 24.3 Å². The van der Waals surface area contributed by atoms with Crippen LogP contribution in [0, 0.1) is 6.92 Å². The topological polar surface area (TPSA) is 80.7 Å². The van der Waals surface area contributed by atoms with Crippen LogP contribution < -0.4 is 25.0 Å². The van der Waals surface area contributed by atoms with Crippen molar-refractivity contribution in [3.63, 3.8) is 0 Å².